The predicted octanol–water partition coefficient (Wildman–Crippen LogP) is 1.07. The van der Waals surface area contributed by atoms with Crippen LogP contribution < -0.4 is 4.74 Å². The lowest BCUT2D eigenvalue weighted by molar-refractivity contribution is 0.176. The minimum atomic E-state index is -3.54. The monoisotopic (exact) mass is 316 g/mol. The molecule has 0 aliphatic carbocycles. The number of nitrogens with zero attached hydrogens (tertiary/aromatic N) is 2. The summed E-state index contributed by atoms with van der Waals surface area (Å²) in [4.78, 5) is 0. The lowest BCUT2D eigenvalue weighted by atomic mass is 10.2. The number of hydrogen-bond donors (Lipinski definition) is 1. The molecule has 1 N–H and O–H groups in total. The van der Waals surface area contributed by atoms with E-state index in [0.717, 1.165) is 5.56 Å². The summed E-state index contributed by atoms with van der Waals surface area (Å²) in [7, 11) is 1.08. The Hall–Kier alpha value is -1.15. The van der Waals surface area contributed by atoms with Crippen molar-refractivity contribution in [3.05, 3.63) is 29.8 Å². The predicted molar refractivity (Wildman–Crippen MR) is 82.3 cm³/mol. The van der Waals surface area contributed by atoms with Gasteiger partial charge in [0.05, 0.1) is 13.2 Å². The van der Waals surface area contributed by atoms with Gasteiger partial charge in [-0.1, -0.05) is 12.1 Å². The van der Waals surface area contributed by atoms with Crippen LogP contribution in [0.1, 0.15) is 18.9 Å². The summed E-state index contributed by atoms with van der Waals surface area (Å²) in [5, 5.41) is 9.25. The van der Waals surface area contributed by atoms with Gasteiger partial charge in [0.2, 0.25) is 0 Å². The van der Waals surface area contributed by atoms with Crippen LogP contribution in [0.2, 0.25) is 0 Å². The van der Waals surface area contributed by atoms with Crippen molar-refractivity contribution in [3.63, 3.8) is 0 Å². The van der Waals surface area contributed by atoms with Crippen molar-refractivity contribution in [2.24, 2.45) is 0 Å². The molecule has 0 spiro atoms. The van der Waals surface area contributed by atoms with Crippen molar-refractivity contribution in [1.82, 2.24) is 8.61 Å². The highest BCUT2D eigenvalue weighted by Crippen LogP contribution is 2.16. The third-order valence-electron chi connectivity index (χ3n) is 3.19. The number of hydrogen-bond acceptors (Lipinski definition) is 4. The van der Waals surface area contributed by atoms with Gasteiger partial charge in [-0.3, -0.25) is 0 Å². The number of aliphatic hydroxyl groups is 1. The fraction of sp³-hybridized carbons (Fsp3) is 0.571. The number of aliphatic hydroxyl groups excluding tert-OH is 1. The number of benzene rings is 1. The van der Waals surface area contributed by atoms with E-state index in [1.54, 1.807) is 14.0 Å². The minimum Gasteiger partial charge on any atom is -0.497 e. The molecule has 1 atom stereocenters. The van der Waals surface area contributed by atoms with Gasteiger partial charge in [-0.25, -0.2) is 0 Å². The van der Waals surface area contributed by atoms with Crippen LogP contribution in [0, 0.1) is 0 Å². The zero-order valence-corrected chi connectivity index (χ0v) is 13.8. The minimum absolute atomic E-state index is 0.262. The molecule has 0 aliphatic heterocycles. The van der Waals surface area contributed by atoms with E-state index < -0.39 is 16.3 Å². The van der Waals surface area contributed by atoms with E-state index in [9.17, 15) is 13.5 Å². The molecule has 0 saturated carbocycles. The third-order valence-corrected chi connectivity index (χ3v) is 5.08. The lowest BCUT2D eigenvalue weighted by Crippen LogP contribution is -2.40. The zero-order valence-electron chi connectivity index (χ0n) is 13.0. The molecule has 0 heterocycles. The molecule has 1 aromatic carbocycles. The van der Waals surface area contributed by atoms with Gasteiger partial charge in [-0.15, -0.1) is 0 Å². The molecule has 0 radical (unpaired) electrons. The first-order chi connectivity index (χ1) is 9.77. The summed E-state index contributed by atoms with van der Waals surface area (Å²) in [5.41, 5.74) is 0.851. The topological polar surface area (TPSA) is 70.1 Å². The van der Waals surface area contributed by atoms with E-state index in [2.05, 4.69) is 0 Å². The molecule has 120 valence electrons. The van der Waals surface area contributed by atoms with Crippen molar-refractivity contribution in [2.45, 2.75) is 26.0 Å². The van der Waals surface area contributed by atoms with Crippen LogP contribution >= 0.6 is 0 Å². The van der Waals surface area contributed by atoms with Crippen molar-refractivity contribution in [1.29, 1.82) is 0 Å². The van der Waals surface area contributed by atoms with Crippen molar-refractivity contribution in [2.75, 3.05) is 27.7 Å². The molecule has 0 aromatic heterocycles. The van der Waals surface area contributed by atoms with Gasteiger partial charge in [0.1, 0.15) is 5.75 Å². The second kappa shape index (κ2) is 7.74. The molecular weight excluding hydrogens is 292 g/mol. The van der Waals surface area contributed by atoms with E-state index in [4.69, 9.17) is 4.74 Å². The molecule has 1 rings (SSSR count). The van der Waals surface area contributed by atoms with E-state index in [1.807, 2.05) is 24.3 Å². The summed E-state index contributed by atoms with van der Waals surface area (Å²) >= 11 is 0. The quantitative estimate of drug-likeness (QED) is 0.779. The second-order valence-corrected chi connectivity index (χ2v) is 7.22. The first kappa shape index (κ1) is 17.9. The third kappa shape index (κ3) is 5.28. The Morgan fingerprint density at radius 2 is 1.95 bits per heavy atom. The standard InChI is InChI=1S/C14H24N2O4S/c1-12(17)8-9-15(2)21(18,19)16(3)11-13-6-5-7-14(10-13)20-4/h5-7,10,12,17H,8-9,11H2,1-4H3. The Morgan fingerprint density at radius 3 is 2.52 bits per heavy atom. The van der Waals surface area contributed by atoms with Gasteiger partial charge in [0.15, 0.2) is 0 Å². The fourth-order valence-electron chi connectivity index (χ4n) is 1.83. The molecule has 1 unspecified atom stereocenters. The van der Waals surface area contributed by atoms with E-state index in [-0.39, 0.29) is 13.1 Å². The first-order valence-corrected chi connectivity index (χ1v) is 8.15. The Kier molecular flexibility index (Phi) is 6.60. The van der Waals surface area contributed by atoms with Crippen LogP contribution in [-0.2, 0) is 16.8 Å². The largest absolute Gasteiger partial charge is 0.497 e. The van der Waals surface area contributed by atoms with E-state index >= 15 is 0 Å². The lowest BCUT2D eigenvalue weighted by Gasteiger charge is -2.25. The zero-order chi connectivity index (χ0) is 16.0. The molecule has 21 heavy (non-hydrogen) atoms. The van der Waals surface area contributed by atoms with Gasteiger partial charge < -0.3 is 9.84 Å². The van der Waals surface area contributed by atoms with Crippen LogP contribution in [-0.4, -0.2) is 56.0 Å². The molecule has 0 fully saturated rings. The molecule has 7 heteroatoms. The Labute approximate surface area is 127 Å². The summed E-state index contributed by atoms with van der Waals surface area (Å²) in [5.74, 6) is 0.695. The SMILES string of the molecule is COc1cccc(CN(C)S(=O)(=O)N(C)CCC(C)O)c1. The maximum absolute atomic E-state index is 12.3. The highest BCUT2D eigenvalue weighted by Gasteiger charge is 2.23. The molecule has 1 aromatic rings. The van der Waals surface area contributed by atoms with Crippen molar-refractivity contribution >= 4 is 10.2 Å². The highest BCUT2D eigenvalue weighted by molar-refractivity contribution is 7.86. The average molecular weight is 316 g/mol. The summed E-state index contributed by atoms with van der Waals surface area (Å²) in [6.07, 6.45) is -0.116. The summed E-state index contributed by atoms with van der Waals surface area (Å²) in [6, 6.07) is 7.30. The van der Waals surface area contributed by atoms with E-state index in [0.29, 0.717) is 12.2 Å². The van der Waals surface area contributed by atoms with Crippen LogP contribution in [0.15, 0.2) is 24.3 Å². The van der Waals surface area contributed by atoms with Crippen LogP contribution in [0.25, 0.3) is 0 Å². The molecule has 0 bridgehead atoms. The fourth-order valence-corrected chi connectivity index (χ4v) is 2.96. The normalized spacial score (nSPS) is 13.7. The molecule has 6 nitrogen and oxygen atoms in total. The second-order valence-electron chi connectivity index (χ2n) is 5.07. The molecule has 0 aliphatic rings. The Morgan fingerprint density at radius 1 is 1.29 bits per heavy atom. The number of rotatable bonds is 8. The average Bonchev–Trinajstić information content (AvgIpc) is 2.44. The van der Waals surface area contributed by atoms with Crippen LogP contribution in [0.4, 0.5) is 0 Å². The van der Waals surface area contributed by atoms with Crippen molar-refractivity contribution < 1.29 is 18.3 Å². The Bertz CT molecular complexity index is 546. The van der Waals surface area contributed by atoms with Gasteiger partial charge >= 0.3 is 0 Å². The molecular formula is C14H24N2O4S. The highest BCUT2D eigenvalue weighted by atomic mass is 32.2. The van der Waals surface area contributed by atoms with Gasteiger partial charge in [0, 0.05) is 27.2 Å². The van der Waals surface area contributed by atoms with Gasteiger partial charge in [-0.2, -0.15) is 17.0 Å². The van der Waals surface area contributed by atoms with Crippen LogP contribution in [0.5, 0.6) is 5.75 Å². The van der Waals surface area contributed by atoms with Crippen LogP contribution in [0.3, 0.4) is 0 Å². The van der Waals surface area contributed by atoms with E-state index in [1.165, 1.54) is 22.7 Å². The van der Waals surface area contributed by atoms with Crippen molar-refractivity contribution in [3.8, 4) is 5.75 Å². The Balaban J connectivity index is 2.74. The summed E-state index contributed by atoms with van der Waals surface area (Å²) in [6.45, 7) is 2.18. The maximum atomic E-state index is 12.3. The maximum Gasteiger partial charge on any atom is 0.281 e. The van der Waals surface area contributed by atoms with Gasteiger partial charge in [-0.05, 0) is 31.0 Å². The smallest absolute Gasteiger partial charge is 0.281 e. The van der Waals surface area contributed by atoms with Gasteiger partial charge in [0.25, 0.3) is 10.2 Å². The number of methoxy groups -OCH3 is 1. The molecule has 0 amide bonds. The first-order valence-electron chi connectivity index (χ1n) is 6.76. The summed E-state index contributed by atoms with van der Waals surface area (Å²) < 4.78 is 32.3. The number of ether oxygens (including phenoxy) is 1. The molecule has 0 saturated heterocycles.